The van der Waals surface area contributed by atoms with E-state index in [1.807, 2.05) is 30.3 Å². The molecule has 0 bridgehead atoms. The van der Waals surface area contributed by atoms with Crippen LogP contribution in [0.15, 0.2) is 54.6 Å². The molecule has 2 aromatic carbocycles. The van der Waals surface area contributed by atoms with E-state index in [0.29, 0.717) is 5.56 Å². The van der Waals surface area contributed by atoms with Gasteiger partial charge in [-0.3, -0.25) is 4.79 Å². The third-order valence-electron chi connectivity index (χ3n) is 2.68. The molecule has 20 heavy (non-hydrogen) atoms. The van der Waals surface area contributed by atoms with E-state index in [1.54, 1.807) is 24.3 Å². The summed E-state index contributed by atoms with van der Waals surface area (Å²) < 4.78 is 0. The average Bonchev–Trinajstić information content (AvgIpc) is 2.47. The van der Waals surface area contributed by atoms with Crippen molar-refractivity contribution in [3.05, 3.63) is 71.3 Å². The number of hydrogen-bond acceptors (Lipinski definition) is 2. The molecule has 98 valence electrons. The molecule has 1 N–H and O–H groups in total. The number of carbonyl (C=O) groups is 2. The van der Waals surface area contributed by atoms with Crippen molar-refractivity contribution >= 4 is 11.8 Å². The lowest BCUT2D eigenvalue weighted by Gasteiger charge is -1.97. The zero-order valence-electron chi connectivity index (χ0n) is 10.7. The zero-order valence-corrected chi connectivity index (χ0v) is 10.7. The van der Waals surface area contributed by atoms with Gasteiger partial charge in [-0.25, -0.2) is 4.79 Å². The number of rotatable bonds is 3. The van der Waals surface area contributed by atoms with Crippen LogP contribution in [0.2, 0.25) is 0 Å². The third-order valence-corrected chi connectivity index (χ3v) is 2.68. The van der Waals surface area contributed by atoms with Crippen LogP contribution in [-0.4, -0.2) is 16.9 Å². The Morgan fingerprint density at radius 3 is 1.95 bits per heavy atom. The van der Waals surface area contributed by atoms with Crippen molar-refractivity contribution in [3.63, 3.8) is 0 Å². The molecule has 0 aliphatic carbocycles. The molecule has 3 heteroatoms. The number of ketones is 1. The summed E-state index contributed by atoms with van der Waals surface area (Å²) in [5, 5.41) is 8.54. The van der Waals surface area contributed by atoms with Crippen molar-refractivity contribution in [1.82, 2.24) is 0 Å². The number of carbonyl (C=O) groups excluding carboxylic acids is 1. The minimum absolute atomic E-state index is 0.0955. The molecular weight excluding hydrogens is 252 g/mol. The van der Waals surface area contributed by atoms with Gasteiger partial charge in [0.15, 0.2) is 0 Å². The topological polar surface area (TPSA) is 54.4 Å². The molecule has 0 amide bonds. The molecule has 2 rings (SSSR count). The van der Waals surface area contributed by atoms with E-state index < -0.39 is 11.8 Å². The summed E-state index contributed by atoms with van der Waals surface area (Å²) in [6, 6.07) is 16.6. The smallest absolute Gasteiger partial charge is 0.372 e. The van der Waals surface area contributed by atoms with Gasteiger partial charge in [-0.05, 0) is 29.8 Å². The molecule has 0 saturated heterocycles. The molecular formula is C17H12O3. The largest absolute Gasteiger partial charge is 0.475 e. The number of benzene rings is 2. The molecule has 3 nitrogen and oxygen atoms in total. The van der Waals surface area contributed by atoms with Gasteiger partial charge in [0.05, 0.1) is 0 Å². The highest BCUT2D eigenvalue weighted by Crippen LogP contribution is 2.05. The van der Waals surface area contributed by atoms with Crippen molar-refractivity contribution in [2.45, 2.75) is 6.42 Å². The SMILES string of the molecule is O=C(O)C(=O)Cc1ccc(C#Cc2ccccc2)cc1. The summed E-state index contributed by atoms with van der Waals surface area (Å²) in [5.41, 5.74) is 2.42. The summed E-state index contributed by atoms with van der Waals surface area (Å²) in [7, 11) is 0. The van der Waals surface area contributed by atoms with Gasteiger partial charge >= 0.3 is 5.97 Å². The second-order valence-corrected chi connectivity index (χ2v) is 4.22. The first-order valence-corrected chi connectivity index (χ1v) is 6.07. The normalized spacial score (nSPS) is 9.40. The Morgan fingerprint density at radius 2 is 1.40 bits per heavy atom. The minimum atomic E-state index is -1.40. The summed E-state index contributed by atoms with van der Waals surface area (Å²) >= 11 is 0. The summed E-state index contributed by atoms with van der Waals surface area (Å²) in [6.07, 6.45) is -0.0955. The van der Waals surface area contributed by atoms with Crippen LogP contribution in [0.4, 0.5) is 0 Å². The molecule has 0 aromatic heterocycles. The summed E-state index contributed by atoms with van der Waals surface area (Å²) in [4.78, 5) is 21.5. The van der Waals surface area contributed by atoms with Crippen LogP contribution in [0.5, 0.6) is 0 Å². The van der Waals surface area contributed by atoms with Crippen LogP contribution in [0, 0.1) is 11.8 Å². The second-order valence-electron chi connectivity index (χ2n) is 4.22. The van der Waals surface area contributed by atoms with Crippen LogP contribution >= 0.6 is 0 Å². The van der Waals surface area contributed by atoms with Gasteiger partial charge in [0.25, 0.3) is 0 Å². The minimum Gasteiger partial charge on any atom is -0.475 e. The highest BCUT2D eigenvalue weighted by Gasteiger charge is 2.11. The lowest BCUT2D eigenvalue weighted by Crippen LogP contribution is -2.14. The fraction of sp³-hybridized carbons (Fsp3) is 0.0588. The van der Waals surface area contributed by atoms with Crippen molar-refractivity contribution in [2.24, 2.45) is 0 Å². The van der Waals surface area contributed by atoms with Gasteiger partial charge in [0, 0.05) is 17.5 Å². The van der Waals surface area contributed by atoms with E-state index in [0.717, 1.165) is 11.1 Å². The average molecular weight is 264 g/mol. The first-order valence-electron chi connectivity index (χ1n) is 6.07. The Hall–Kier alpha value is -2.86. The van der Waals surface area contributed by atoms with Crippen LogP contribution in [0.25, 0.3) is 0 Å². The first-order chi connectivity index (χ1) is 9.65. The second kappa shape index (κ2) is 6.35. The monoisotopic (exact) mass is 264 g/mol. The van der Waals surface area contributed by atoms with Crippen molar-refractivity contribution < 1.29 is 14.7 Å². The van der Waals surface area contributed by atoms with Gasteiger partial charge in [-0.2, -0.15) is 0 Å². The quantitative estimate of drug-likeness (QED) is 0.683. The van der Waals surface area contributed by atoms with E-state index >= 15 is 0 Å². The fourth-order valence-electron chi connectivity index (χ4n) is 1.63. The molecule has 0 aliphatic heterocycles. The Bertz CT molecular complexity index is 674. The summed E-state index contributed by atoms with van der Waals surface area (Å²) in [5.74, 6) is 3.82. The van der Waals surface area contributed by atoms with E-state index in [1.165, 1.54) is 0 Å². The van der Waals surface area contributed by atoms with Gasteiger partial charge in [0.1, 0.15) is 0 Å². The maximum Gasteiger partial charge on any atom is 0.372 e. The zero-order chi connectivity index (χ0) is 14.4. The van der Waals surface area contributed by atoms with Crippen molar-refractivity contribution in [1.29, 1.82) is 0 Å². The number of hydrogen-bond donors (Lipinski definition) is 1. The number of carboxylic acids is 1. The van der Waals surface area contributed by atoms with Gasteiger partial charge in [0.2, 0.25) is 5.78 Å². The molecule has 0 radical (unpaired) electrons. The Labute approximate surface area is 116 Å². The molecule has 0 fully saturated rings. The van der Waals surface area contributed by atoms with Crippen LogP contribution in [0.1, 0.15) is 16.7 Å². The maximum absolute atomic E-state index is 11.1. The predicted octanol–water partition coefficient (Wildman–Crippen LogP) is 2.28. The molecule has 0 heterocycles. The third kappa shape index (κ3) is 3.82. The molecule has 0 aliphatic rings. The van der Waals surface area contributed by atoms with Crippen LogP contribution < -0.4 is 0 Å². The number of aliphatic carboxylic acids is 1. The van der Waals surface area contributed by atoms with Crippen LogP contribution in [0.3, 0.4) is 0 Å². The Balaban J connectivity index is 2.08. The Kier molecular flexibility index (Phi) is 4.31. The number of carboxylic acid groups (broad SMARTS) is 1. The highest BCUT2D eigenvalue weighted by atomic mass is 16.4. The highest BCUT2D eigenvalue weighted by molar-refractivity contribution is 6.33. The molecule has 0 saturated carbocycles. The molecule has 0 spiro atoms. The lowest BCUT2D eigenvalue weighted by molar-refractivity contribution is -0.148. The standard InChI is InChI=1S/C17H12O3/c18-16(17(19)20)12-15-10-8-14(9-11-15)7-6-13-4-2-1-3-5-13/h1-5,8-11H,12H2,(H,19,20). The predicted molar refractivity (Wildman–Crippen MR) is 75.2 cm³/mol. The van der Waals surface area contributed by atoms with Gasteiger partial charge < -0.3 is 5.11 Å². The fourth-order valence-corrected chi connectivity index (χ4v) is 1.63. The maximum atomic E-state index is 11.1. The van der Waals surface area contributed by atoms with E-state index in [-0.39, 0.29) is 6.42 Å². The molecule has 0 unspecified atom stereocenters. The van der Waals surface area contributed by atoms with Gasteiger partial charge in [-0.15, -0.1) is 0 Å². The van der Waals surface area contributed by atoms with Gasteiger partial charge in [-0.1, -0.05) is 42.2 Å². The van der Waals surface area contributed by atoms with E-state index in [9.17, 15) is 9.59 Å². The van der Waals surface area contributed by atoms with Crippen molar-refractivity contribution in [3.8, 4) is 11.8 Å². The lowest BCUT2D eigenvalue weighted by atomic mass is 10.1. The number of Topliss-reactive ketones (excluding diaryl/α,β-unsaturated/α-hetero) is 1. The molecule has 2 aromatic rings. The molecule has 0 atom stereocenters. The first kappa shape index (κ1) is 13.6. The van der Waals surface area contributed by atoms with E-state index in [2.05, 4.69) is 11.8 Å². The van der Waals surface area contributed by atoms with Crippen molar-refractivity contribution in [2.75, 3.05) is 0 Å². The van der Waals surface area contributed by atoms with Crippen LogP contribution in [-0.2, 0) is 16.0 Å². The Morgan fingerprint density at radius 1 is 0.850 bits per heavy atom. The summed E-state index contributed by atoms with van der Waals surface area (Å²) in [6.45, 7) is 0. The van der Waals surface area contributed by atoms with E-state index in [4.69, 9.17) is 5.11 Å².